The number of hydrogen-bond donors (Lipinski definition) is 2. The van der Waals surface area contributed by atoms with E-state index in [4.69, 9.17) is 23.2 Å². The van der Waals surface area contributed by atoms with E-state index in [1.165, 1.54) is 0 Å². The van der Waals surface area contributed by atoms with Crippen molar-refractivity contribution in [3.63, 3.8) is 0 Å². The molecule has 4 nitrogen and oxygen atoms in total. The van der Waals surface area contributed by atoms with Crippen LogP contribution < -0.4 is 10.6 Å². The molecule has 0 saturated heterocycles. The fourth-order valence-corrected chi connectivity index (χ4v) is 2.05. The number of hydrogen-bond acceptors (Lipinski definition) is 4. The lowest BCUT2D eigenvalue weighted by molar-refractivity contribution is 0.405. The summed E-state index contributed by atoms with van der Waals surface area (Å²) in [7, 11) is 4.11. The predicted molar refractivity (Wildman–Crippen MR) is 84.7 cm³/mol. The van der Waals surface area contributed by atoms with Gasteiger partial charge in [-0.15, -0.1) is 0 Å². The van der Waals surface area contributed by atoms with Gasteiger partial charge < -0.3 is 15.5 Å². The highest BCUT2D eigenvalue weighted by Crippen LogP contribution is 2.29. The molecule has 6 heteroatoms. The molecule has 19 heavy (non-hydrogen) atoms. The lowest BCUT2D eigenvalue weighted by Gasteiger charge is -2.13. The smallest absolute Gasteiger partial charge is 0.147 e. The topological polar surface area (TPSA) is 40.2 Å². The van der Waals surface area contributed by atoms with Gasteiger partial charge in [0.1, 0.15) is 11.6 Å². The Hall–Kier alpha value is -0.710. The molecular weight excluding hydrogens is 283 g/mol. The van der Waals surface area contributed by atoms with Crippen LogP contribution in [0.5, 0.6) is 0 Å². The van der Waals surface area contributed by atoms with Crippen molar-refractivity contribution in [3.8, 4) is 0 Å². The zero-order valence-corrected chi connectivity index (χ0v) is 13.3. The second-order valence-electron chi connectivity index (χ2n) is 4.66. The minimum absolute atomic E-state index is 0.553. The second kappa shape index (κ2) is 8.46. The third-order valence-corrected chi connectivity index (χ3v) is 3.12. The summed E-state index contributed by atoms with van der Waals surface area (Å²) in [5.41, 5.74) is 0. The summed E-state index contributed by atoms with van der Waals surface area (Å²) in [6, 6.07) is 1.72. The van der Waals surface area contributed by atoms with E-state index in [1.54, 1.807) is 6.07 Å². The number of anilines is 2. The monoisotopic (exact) mass is 304 g/mol. The average Bonchev–Trinajstić information content (AvgIpc) is 2.35. The van der Waals surface area contributed by atoms with E-state index in [1.807, 2.05) is 0 Å². The van der Waals surface area contributed by atoms with Gasteiger partial charge in [-0.05, 0) is 39.5 Å². The number of rotatable bonds is 8. The summed E-state index contributed by atoms with van der Waals surface area (Å²) in [5.74, 6) is 1.37. The van der Waals surface area contributed by atoms with E-state index >= 15 is 0 Å². The van der Waals surface area contributed by atoms with E-state index < -0.39 is 0 Å². The molecule has 0 amide bonds. The van der Waals surface area contributed by atoms with Gasteiger partial charge in [0.15, 0.2) is 0 Å². The fraction of sp³-hybridized carbons (Fsp3) is 0.615. The molecule has 1 heterocycles. The number of nitrogens with one attached hydrogen (secondary N) is 2. The molecule has 1 aromatic heterocycles. The van der Waals surface area contributed by atoms with E-state index in [0.29, 0.717) is 21.7 Å². The highest BCUT2D eigenvalue weighted by atomic mass is 35.5. The molecule has 0 bridgehead atoms. The minimum atomic E-state index is 0.553. The molecular formula is C13H22Cl2N4. The summed E-state index contributed by atoms with van der Waals surface area (Å²) >= 11 is 12.2. The molecule has 0 aromatic carbocycles. The van der Waals surface area contributed by atoms with Crippen molar-refractivity contribution in [1.29, 1.82) is 0 Å². The maximum Gasteiger partial charge on any atom is 0.147 e. The Bertz CT molecular complexity index is 396. The van der Waals surface area contributed by atoms with Gasteiger partial charge >= 0.3 is 0 Å². The Morgan fingerprint density at radius 3 is 2.21 bits per heavy atom. The van der Waals surface area contributed by atoms with Crippen LogP contribution in [0.25, 0.3) is 0 Å². The number of aromatic nitrogens is 1. The maximum absolute atomic E-state index is 6.13. The maximum atomic E-state index is 6.13. The van der Waals surface area contributed by atoms with Crippen molar-refractivity contribution in [2.24, 2.45) is 0 Å². The van der Waals surface area contributed by atoms with Crippen molar-refractivity contribution in [2.45, 2.75) is 19.8 Å². The Balaban J connectivity index is 2.61. The largest absolute Gasteiger partial charge is 0.369 e. The van der Waals surface area contributed by atoms with E-state index in [2.05, 4.69) is 41.5 Å². The predicted octanol–water partition coefficient (Wildman–Crippen LogP) is 3.57. The first-order chi connectivity index (χ1) is 9.04. The standard InChI is InChI=1S/C13H22Cl2N4/c1-4-6-16-12-10(14)9-11(15)13(18-12)17-7-5-8-19(2)3/h9H,4-8H2,1-3H3,(H2,16,17,18). The SMILES string of the molecule is CCCNc1nc(NCCCN(C)C)c(Cl)cc1Cl. The average molecular weight is 305 g/mol. The van der Waals surface area contributed by atoms with Gasteiger partial charge in [0, 0.05) is 13.1 Å². The quantitative estimate of drug-likeness (QED) is 0.720. The molecule has 0 atom stereocenters. The van der Waals surface area contributed by atoms with Gasteiger partial charge in [-0.25, -0.2) is 4.98 Å². The van der Waals surface area contributed by atoms with Crippen molar-refractivity contribution in [2.75, 3.05) is 44.4 Å². The van der Waals surface area contributed by atoms with Gasteiger partial charge in [-0.3, -0.25) is 0 Å². The van der Waals surface area contributed by atoms with Crippen LogP contribution in [0.1, 0.15) is 19.8 Å². The van der Waals surface area contributed by atoms with Crippen molar-refractivity contribution < 1.29 is 0 Å². The molecule has 0 aliphatic rings. The van der Waals surface area contributed by atoms with Crippen molar-refractivity contribution in [1.82, 2.24) is 9.88 Å². The molecule has 0 aliphatic carbocycles. The Kier molecular flexibility index (Phi) is 7.28. The third-order valence-electron chi connectivity index (χ3n) is 2.55. The molecule has 0 unspecified atom stereocenters. The molecule has 0 saturated carbocycles. The molecule has 0 radical (unpaired) electrons. The number of halogens is 2. The first kappa shape index (κ1) is 16.3. The summed E-state index contributed by atoms with van der Waals surface area (Å²) in [4.78, 5) is 6.57. The van der Waals surface area contributed by atoms with Crippen LogP contribution >= 0.6 is 23.2 Å². The highest BCUT2D eigenvalue weighted by Gasteiger charge is 2.08. The second-order valence-corrected chi connectivity index (χ2v) is 5.47. The number of pyridine rings is 1. The minimum Gasteiger partial charge on any atom is -0.369 e. The summed E-state index contributed by atoms with van der Waals surface area (Å²) in [6.07, 6.45) is 2.05. The molecule has 1 rings (SSSR count). The van der Waals surface area contributed by atoms with Crippen LogP contribution in [-0.2, 0) is 0 Å². The normalized spacial score (nSPS) is 10.8. The van der Waals surface area contributed by atoms with Gasteiger partial charge in [-0.2, -0.15) is 0 Å². The van der Waals surface area contributed by atoms with E-state index in [9.17, 15) is 0 Å². The lowest BCUT2D eigenvalue weighted by atomic mass is 10.3. The highest BCUT2D eigenvalue weighted by molar-refractivity contribution is 6.37. The van der Waals surface area contributed by atoms with E-state index in [-0.39, 0.29) is 0 Å². The zero-order valence-electron chi connectivity index (χ0n) is 11.8. The summed E-state index contributed by atoms with van der Waals surface area (Å²) in [5, 5.41) is 7.54. The lowest BCUT2D eigenvalue weighted by Crippen LogP contribution is -2.17. The zero-order chi connectivity index (χ0) is 14.3. The Morgan fingerprint density at radius 1 is 1.11 bits per heavy atom. The fourth-order valence-electron chi connectivity index (χ4n) is 1.56. The third kappa shape index (κ3) is 5.85. The molecule has 0 spiro atoms. The first-order valence-electron chi connectivity index (χ1n) is 6.53. The van der Waals surface area contributed by atoms with Gasteiger partial charge in [0.2, 0.25) is 0 Å². The van der Waals surface area contributed by atoms with Crippen LogP contribution in [0.2, 0.25) is 10.0 Å². The van der Waals surface area contributed by atoms with Crippen LogP contribution in [0.3, 0.4) is 0 Å². The van der Waals surface area contributed by atoms with Crippen LogP contribution in [-0.4, -0.2) is 43.6 Å². The van der Waals surface area contributed by atoms with Gasteiger partial charge in [0.05, 0.1) is 10.0 Å². The molecule has 2 N–H and O–H groups in total. The first-order valence-corrected chi connectivity index (χ1v) is 7.28. The van der Waals surface area contributed by atoms with E-state index in [0.717, 1.165) is 32.5 Å². The molecule has 0 aliphatic heterocycles. The number of nitrogens with zero attached hydrogens (tertiary/aromatic N) is 2. The molecule has 1 aromatic rings. The molecule has 108 valence electrons. The van der Waals surface area contributed by atoms with Crippen LogP contribution in [0.15, 0.2) is 6.07 Å². The summed E-state index contributed by atoms with van der Waals surface area (Å²) < 4.78 is 0. The van der Waals surface area contributed by atoms with Gasteiger partial charge in [0.25, 0.3) is 0 Å². The molecule has 0 fully saturated rings. The van der Waals surface area contributed by atoms with Crippen LogP contribution in [0.4, 0.5) is 11.6 Å². The van der Waals surface area contributed by atoms with Crippen molar-refractivity contribution in [3.05, 3.63) is 16.1 Å². The van der Waals surface area contributed by atoms with Crippen LogP contribution in [0, 0.1) is 0 Å². The van der Waals surface area contributed by atoms with Gasteiger partial charge in [-0.1, -0.05) is 30.1 Å². The van der Waals surface area contributed by atoms with Crippen molar-refractivity contribution >= 4 is 34.8 Å². The Labute approximate surface area is 125 Å². The Morgan fingerprint density at radius 2 is 1.68 bits per heavy atom. The summed E-state index contributed by atoms with van der Waals surface area (Å²) in [6.45, 7) is 4.80.